The number of hydrogen-bond acceptors (Lipinski definition) is 3. The molecular formula is C21H29N3O2. The Bertz CT molecular complexity index is 745. The number of rotatable bonds is 9. The number of carbonyl (C=O) groups excluding carboxylic acids is 1. The Labute approximate surface area is 156 Å². The summed E-state index contributed by atoms with van der Waals surface area (Å²) in [6.45, 7) is 10.8. The van der Waals surface area contributed by atoms with Gasteiger partial charge in [0, 0.05) is 37.1 Å². The number of ether oxygens (including phenoxy) is 1. The third-order valence-electron chi connectivity index (χ3n) is 4.26. The minimum absolute atomic E-state index is 0.0911. The quantitative estimate of drug-likeness (QED) is 0.554. The molecule has 1 aromatic carbocycles. The van der Waals surface area contributed by atoms with Gasteiger partial charge in [0.15, 0.2) is 0 Å². The summed E-state index contributed by atoms with van der Waals surface area (Å²) in [7, 11) is 0. The van der Waals surface area contributed by atoms with Crippen molar-refractivity contribution in [2.45, 2.75) is 40.7 Å². The van der Waals surface area contributed by atoms with E-state index in [1.54, 1.807) is 6.08 Å². The van der Waals surface area contributed by atoms with Gasteiger partial charge in [0.05, 0.1) is 12.2 Å². The summed E-state index contributed by atoms with van der Waals surface area (Å²) in [5, 5.41) is 7.49. The highest BCUT2D eigenvalue weighted by molar-refractivity contribution is 5.91. The predicted octanol–water partition coefficient (Wildman–Crippen LogP) is 3.41. The second-order valence-electron chi connectivity index (χ2n) is 6.40. The first kappa shape index (κ1) is 19.9. The highest BCUT2D eigenvalue weighted by Crippen LogP contribution is 2.16. The van der Waals surface area contributed by atoms with Crippen LogP contribution in [0.5, 0.6) is 0 Å². The third-order valence-corrected chi connectivity index (χ3v) is 4.26. The summed E-state index contributed by atoms with van der Waals surface area (Å²) in [6, 6.07) is 8.46. The van der Waals surface area contributed by atoms with Gasteiger partial charge in [0.1, 0.15) is 0 Å². The monoisotopic (exact) mass is 355 g/mol. The highest BCUT2D eigenvalue weighted by Gasteiger charge is 2.10. The van der Waals surface area contributed by atoms with Gasteiger partial charge >= 0.3 is 0 Å². The molecule has 1 N–H and O–H groups in total. The molecule has 0 saturated heterocycles. The van der Waals surface area contributed by atoms with E-state index in [1.807, 2.05) is 31.5 Å². The van der Waals surface area contributed by atoms with Crippen molar-refractivity contribution in [3.8, 4) is 0 Å². The average molecular weight is 355 g/mol. The molecule has 0 fully saturated rings. The third kappa shape index (κ3) is 5.85. The van der Waals surface area contributed by atoms with Gasteiger partial charge in [-0.2, -0.15) is 5.10 Å². The molecule has 26 heavy (non-hydrogen) atoms. The SMILES string of the molecule is CCOCCCNC(=O)/C=C/c1c(C)nn(Cc2ccc(C)cc2)c1C. The minimum Gasteiger partial charge on any atom is -0.382 e. The molecule has 0 aliphatic rings. The Morgan fingerprint density at radius 1 is 1.23 bits per heavy atom. The van der Waals surface area contributed by atoms with Crippen LogP contribution < -0.4 is 5.32 Å². The molecule has 5 nitrogen and oxygen atoms in total. The molecule has 0 aliphatic heterocycles. The fraction of sp³-hybridized carbons (Fsp3) is 0.429. The van der Waals surface area contributed by atoms with E-state index >= 15 is 0 Å². The van der Waals surface area contributed by atoms with Gasteiger partial charge in [0.25, 0.3) is 0 Å². The van der Waals surface area contributed by atoms with Crippen LogP contribution in [0.4, 0.5) is 0 Å². The van der Waals surface area contributed by atoms with E-state index in [2.05, 4.69) is 41.6 Å². The van der Waals surface area contributed by atoms with Gasteiger partial charge in [0.2, 0.25) is 5.91 Å². The van der Waals surface area contributed by atoms with E-state index < -0.39 is 0 Å². The lowest BCUT2D eigenvalue weighted by Crippen LogP contribution is -2.23. The lowest BCUT2D eigenvalue weighted by Gasteiger charge is -2.05. The highest BCUT2D eigenvalue weighted by atomic mass is 16.5. The number of carbonyl (C=O) groups is 1. The summed E-state index contributed by atoms with van der Waals surface area (Å²) in [5.74, 6) is -0.0911. The first-order valence-electron chi connectivity index (χ1n) is 9.14. The van der Waals surface area contributed by atoms with Crippen molar-refractivity contribution in [2.75, 3.05) is 19.8 Å². The fourth-order valence-electron chi connectivity index (χ4n) is 2.72. The number of nitrogens with one attached hydrogen (secondary N) is 1. The van der Waals surface area contributed by atoms with E-state index in [9.17, 15) is 4.79 Å². The Hall–Kier alpha value is -2.40. The van der Waals surface area contributed by atoms with E-state index in [0.29, 0.717) is 19.8 Å². The number of aromatic nitrogens is 2. The average Bonchev–Trinajstić information content (AvgIpc) is 2.88. The summed E-state index contributed by atoms with van der Waals surface area (Å²) in [6.07, 6.45) is 4.25. The van der Waals surface area contributed by atoms with Crippen molar-refractivity contribution in [1.29, 1.82) is 0 Å². The molecule has 0 bridgehead atoms. The van der Waals surface area contributed by atoms with Gasteiger partial charge in [-0.05, 0) is 45.8 Å². The predicted molar refractivity (Wildman–Crippen MR) is 105 cm³/mol. The number of aryl methyl sites for hydroxylation is 2. The standard InChI is InChI=1S/C21H29N3O2/c1-5-26-14-6-13-22-21(25)12-11-20-17(3)23-24(18(20)4)15-19-9-7-16(2)8-10-19/h7-12H,5-6,13-15H2,1-4H3,(H,22,25)/b12-11+. The number of nitrogens with zero attached hydrogens (tertiary/aromatic N) is 2. The minimum atomic E-state index is -0.0911. The maximum absolute atomic E-state index is 11.9. The Morgan fingerprint density at radius 2 is 1.96 bits per heavy atom. The second kappa shape index (κ2) is 9.92. The van der Waals surface area contributed by atoms with Crippen LogP contribution in [0.2, 0.25) is 0 Å². The Balaban J connectivity index is 1.96. The fourth-order valence-corrected chi connectivity index (χ4v) is 2.72. The van der Waals surface area contributed by atoms with Crippen molar-refractivity contribution >= 4 is 12.0 Å². The van der Waals surface area contributed by atoms with Crippen LogP contribution in [0.1, 0.15) is 41.4 Å². The summed E-state index contributed by atoms with van der Waals surface area (Å²) >= 11 is 0. The van der Waals surface area contributed by atoms with E-state index in [4.69, 9.17) is 4.74 Å². The normalized spacial score (nSPS) is 11.2. The van der Waals surface area contributed by atoms with Crippen LogP contribution in [0.15, 0.2) is 30.3 Å². The molecule has 2 aromatic rings. The van der Waals surface area contributed by atoms with Crippen molar-refractivity contribution < 1.29 is 9.53 Å². The molecule has 0 unspecified atom stereocenters. The lowest BCUT2D eigenvalue weighted by molar-refractivity contribution is -0.116. The van der Waals surface area contributed by atoms with Crippen LogP contribution in [-0.4, -0.2) is 35.4 Å². The first-order valence-corrected chi connectivity index (χ1v) is 9.14. The maximum atomic E-state index is 11.9. The molecule has 0 aliphatic carbocycles. The largest absolute Gasteiger partial charge is 0.382 e. The molecule has 0 saturated carbocycles. The van der Waals surface area contributed by atoms with E-state index in [0.717, 1.165) is 29.9 Å². The topological polar surface area (TPSA) is 56.1 Å². The van der Waals surface area contributed by atoms with Crippen molar-refractivity contribution in [3.63, 3.8) is 0 Å². The molecule has 0 spiro atoms. The second-order valence-corrected chi connectivity index (χ2v) is 6.40. The first-order chi connectivity index (χ1) is 12.5. The van der Waals surface area contributed by atoms with Crippen LogP contribution in [0.3, 0.4) is 0 Å². The molecular weight excluding hydrogens is 326 g/mol. The molecule has 1 heterocycles. The van der Waals surface area contributed by atoms with Gasteiger partial charge < -0.3 is 10.1 Å². The zero-order valence-corrected chi connectivity index (χ0v) is 16.2. The van der Waals surface area contributed by atoms with Gasteiger partial charge in [-0.1, -0.05) is 29.8 Å². The molecule has 0 radical (unpaired) electrons. The van der Waals surface area contributed by atoms with Crippen LogP contribution in [-0.2, 0) is 16.1 Å². The molecule has 1 aromatic heterocycles. The van der Waals surface area contributed by atoms with Crippen LogP contribution in [0.25, 0.3) is 6.08 Å². The van der Waals surface area contributed by atoms with Crippen LogP contribution in [0, 0.1) is 20.8 Å². The smallest absolute Gasteiger partial charge is 0.244 e. The zero-order chi connectivity index (χ0) is 18.9. The van der Waals surface area contributed by atoms with Gasteiger partial charge in [-0.3, -0.25) is 9.48 Å². The Morgan fingerprint density at radius 3 is 2.65 bits per heavy atom. The molecule has 1 amide bonds. The zero-order valence-electron chi connectivity index (χ0n) is 16.2. The maximum Gasteiger partial charge on any atom is 0.244 e. The molecule has 5 heteroatoms. The lowest BCUT2D eigenvalue weighted by atomic mass is 10.1. The Kier molecular flexibility index (Phi) is 7.60. The summed E-state index contributed by atoms with van der Waals surface area (Å²) in [4.78, 5) is 11.9. The van der Waals surface area contributed by atoms with Crippen molar-refractivity contribution in [1.82, 2.24) is 15.1 Å². The number of hydrogen-bond donors (Lipinski definition) is 1. The molecule has 140 valence electrons. The van der Waals surface area contributed by atoms with Gasteiger partial charge in [-0.15, -0.1) is 0 Å². The molecule has 2 rings (SSSR count). The summed E-state index contributed by atoms with van der Waals surface area (Å²) in [5.41, 5.74) is 5.45. The van der Waals surface area contributed by atoms with Crippen molar-refractivity contribution in [2.24, 2.45) is 0 Å². The number of benzene rings is 1. The van der Waals surface area contributed by atoms with Gasteiger partial charge in [-0.25, -0.2) is 0 Å². The summed E-state index contributed by atoms with van der Waals surface area (Å²) < 4.78 is 7.24. The molecule has 0 atom stereocenters. The number of amides is 1. The van der Waals surface area contributed by atoms with Crippen molar-refractivity contribution in [3.05, 3.63) is 58.4 Å². The van der Waals surface area contributed by atoms with E-state index in [1.165, 1.54) is 11.1 Å². The van der Waals surface area contributed by atoms with E-state index in [-0.39, 0.29) is 5.91 Å². The van der Waals surface area contributed by atoms with Crippen LogP contribution >= 0.6 is 0 Å².